The van der Waals surface area contributed by atoms with Crippen molar-refractivity contribution in [3.8, 4) is 0 Å². The maximum Gasteiger partial charge on any atom is 0.236 e. The molecular formula is C10H22N2O. The van der Waals surface area contributed by atoms with E-state index in [-0.39, 0.29) is 11.9 Å². The van der Waals surface area contributed by atoms with Gasteiger partial charge >= 0.3 is 0 Å². The molecule has 0 aliphatic heterocycles. The molecule has 78 valence electrons. The van der Waals surface area contributed by atoms with Gasteiger partial charge in [0.1, 0.15) is 0 Å². The van der Waals surface area contributed by atoms with Crippen molar-refractivity contribution in [2.24, 2.45) is 0 Å². The number of amides is 1. The van der Waals surface area contributed by atoms with E-state index in [4.69, 9.17) is 0 Å². The number of unbranched alkanes of at least 4 members (excludes halogenated alkanes) is 1. The van der Waals surface area contributed by atoms with Crippen LogP contribution in [0.1, 0.15) is 40.0 Å². The van der Waals surface area contributed by atoms with E-state index in [2.05, 4.69) is 24.5 Å². The smallest absolute Gasteiger partial charge is 0.236 e. The van der Waals surface area contributed by atoms with Crippen molar-refractivity contribution in [1.29, 1.82) is 0 Å². The quantitative estimate of drug-likeness (QED) is 0.656. The van der Waals surface area contributed by atoms with Crippen LogP contribution in [0.5, 0.6) is 0 Å². The molecule has 2 atom stereocenters. The summed E-state index contributed by atoms with van der Waals surface area (Å²) in [6.07, 6.45) is 3.56. The van der Waals surface area contributed by atoms with E-state index in [0.717, 1.165) is 6.42 Å². The van der Waals surface area contributed by atoms with Gasteiger partial charge in [-0.2, -0.15) is 0 Å². The van der Waals surface area contributed by atoms with Crippen molar-refractivity contribution in [2.45, 2.75) is 52.1 Å². The third-order valence-corrected chi connectivity index (χ3v) is 2.16. The molecule has 1 amide bonds. The predicted octanol–water partition coefficient (Wildman–Crippen LogP) is 1.29. The highest BCUT2D eigenvalue weighted by molar-refractivity contribution is 5.80. The summed E-state index contributed by atoms with van der Waals surface area (Å²) < 4.78 is 0. The molecule has 1 unspecified atom stereocenters. The highest BCUT2D eigenvalue weighted by Crippen LogP contribution is 2.00. The summed E-state index contributed by atoms with van der Waals surface area (Å²) in [5.41, 5.74) is 0. The monoisotopic (exact) mass is 186 g/mol. The minimum absolute atomic E-state index is 0.0587. The first kappa shape index (κ1) is 12.4. The number of carbonyl (C=O) groups is 1. The lowest BCUT2D eigenvalue weighted by Gasteiger charge is -2.18. The fraction of sp³-hybridized carbons (Fsp3) is 0.900. The molecular weight excluding hydrogens is 164 g/mol. The number of nitrogens with one attached hydrogen (secondary N) is 2. The van der Waals surface area contributed by atoms with Gasteiger partial charge in [0.05, 0.1) is 6.04 Å². The zero-order chi connectivity index (χ0) is 10.3. The third kappa shape index (κ3) is 5.64. The van der Waals surface area contributed by atoms with Gasteiger partial charge in [0.25, 0.3) is 0 Å². The van der Waals surface area contributed by atoms with Crippen LogP contribution in [0.2, 0.25) is 0 Å². The fourth-order valence-electron chi connectivity index (χ4n) is 1.31. The Morgan fingerprint density at radius 3 is 2.46 bits per heavy atom. The normalized spacial score (nSPS) is 15.1. The Kier molecular flexibility index (Phi) is 6.59. The lowest BCUT2D eigenvalue weighted by Crippen LogP contribution is -2.44. The lowest BCUT2D eigenvalue weighted by atomic mass is 10.1. The predicted molar refractivity (Wildman–Crippen MR) is 55.7 cm³/mol. The van der Waals surface area contributed by atoms with E-state index in [1.807, 2.05) is 6.92 Å². The molecule has 2 N–H and O–H groups in total. The summed E-state index contributed by atoms with van der Waals surface area (Å²) in [4.78, 5) is 11.1. The van der Waals surface area contributed by atoms with Gasteiger partial charge < -0.3 is 10.6 Å². The summed E-state index contributed by atoms with van der Waals surface area (Å²) in [7, 11) is 1.66. The van der Waals surface area contributed by atoms with Crippen LogP contribution in [-0.2, 0) is 4.79 Å². The van der Waals surface area contributed by atoms with Gasteiger partial charge in [0.2, 0.25) is 5.91 Å². The van der Waals surface area contributed by atoms with Gasteiger partial charge in [-0.25, -0.2) is 0 Å². The van der Waals surface area contributed by atoms with Crippen LogP contribution in [0.25, 0.3) is 0 Å². The first-order valence-corrected chi connectivity index (χ1v) is 5.09. The molecule has 0 aliphatic carbocycles. The summed E-state index contributed by atoms with van der Waals surface area (Å²) in [5.74, 6) is 0.0587. The molecule has 0 spiro atoms. The topological polar surface area (TPSA) is 41.1 Å². The molecule has 0 aromatic carbocycles. The molecule has 3 nitrogen and oxygen atoms in total. The molecule has 0 fully saturated rings. The third-order valence-electron chi connectivity index (χ3n) is 2.16. The Balaban J connectivity index is 3.64. The Bertz CT molecular complexity index is 148. The van der Waals surface area contributed by atoms with Crippen LogP contribution in [0, 0.1) is 0 Å². The van der Waals surface area contributed by atoms with Gasteiger partial charge in [0.15, 0.2) is 0 Å². The van der Waals surface area contributed by atoms with Crippen LogP contribution < -0.4 is 10.6 Å². The molecule has 13 heavy (non-hydrogen) atoms. The van der Waals surface area contributed by atoms with Gasteiger partial charge in [-0.3, -0.25) is 4.79 Å². The van der Waals surface area contributed by atoms with Crippen LogP contribution in [0.15, 0.2) is 0 Å². The number of hydrogen-bond donors (Lipinski definition) is 2. The van der Waals surface area contributed by atoms with Crippen LogP contribution in [0.4, 0.5) is 0 Å². The van der Waals surface area contributed by atoms with Crippen molar-refractivity contribution >= 4 is 5.91 Å². The SMILES string of the molecule is CCCCC(C)N[C@H](C)C(=O)NC. The maximum absolute atomic E-state index is 11.1. The molecule has 0 heterocycles. The van der Waals surface area contributed by atoms with Crippen LogP contribution in [0.3, 0.4) is 0 Å². The number of hydrogen-bond acceptors (Lipinski definition) is 2. The summed E-state index contributed by atoms with van der Waals surface area (Å²) in [6.45, 7) is 6.19. The van der Waals surface area contributed by atoms with E-state index in [0.29, 0.717) is 6.04 Å². The molecule has 0 aromatic rings. The van der Waals surface area contributed by atoms with E-state index in [9.17, 15) is 4.79 Å². The van der Waals surface area contributed by atoms with Crippen molar-refractivity contribution in [3.63, 3.8) is 0 Å². The first-order valence-electron chi connectivity index (χ1n) is 5.09. The van der Waals surface area contributed by atoms with E-state index < -0.39 is 0 Å². The number of likely N-dealkylation sites (N-methyl/N-ethyl adjacent to an activating group) is 1. The first-order chi connectivity index (χ1) is 6.11. The molecule has 0 saturated carbocycles. The zero-order valence-corrected chi connectivity index (χ0v) is 9.18. The summed E-state index contributed by atoms with van der Waals surface area (Å²) in [5, 5.41) is 5.88. The molecule has 0 radical (unpaired) electrons. The molecule has 0 saturated heterocycles. The summed E-state index contributed by atoms with van der Waals surface area (Å²) in [6, 6.07) is 0.337. The van der Waals surface area contributed by atoms with Gasteiger partial charge in [-0.15, -0.1) is 0 Å². The lowest BCUT2D eigenvalue weighted by molar-refractivity contribution is -0.122. The zero-order valence-electron chi connectivity index (χ0n) is 9.18. The highest BCUT2D eigenvalue weighted by Gasteiger charge is 2.12. The second kappa shape index (κ2) is 6.89. The second-order valence-corrected chi connectivity index (χ2v) is 3.55. The Morgan fingerprint density at radius 2 is 2.00 bits per heavy atom. The molecule has 0 rings (SSSR count). The minimum Gasteiger partial charge on any atom is -0.358 e. The molecule has 0 aromatic heterocycles. The number of rotatable bonds is 6. The average Bonchev–Trinajstić information content (AvgIpc) is 2.13. The summed E-state index contributed by atoms with van der Waals surface area (Å²) >= 11 is 0. The van der Waals surface area contributed by atoms with E-state index in [1.165, 1.54) is 12.8 Å². The Hall–Kier alpha value is -0.570. The highest BCUT2D eigenvalue weighted by atomic mass is 16.2. The molecule has 3 heteroatoms. The minimum atomic E-state index is -0.0862. The molecule has 0 aliphatic rings. The van der Waals surface area contributed by atoms with Crippen molar-refractivity contribution in [3.05, 3.63) is 0 Å². The number of carbonyl (C=O) groups excluding carboxylic acids is 1. The van der Waals surface area contributed by atoms with Gasteiger partial charge in [0, 0.05) is 13.1 Å². The second-order valence-electron chi connectivity index (χ2n) is 3.55. The van der Waals surface area contributed by atoms with Crippen molar-refractivity contribution in [2.75, 3.05) is 7.05 Å². The maximum atomic E-state index is 11.1. The van der Waals surface area contributed by atoms with Gasteiger partial charge in [-0.1, -0.05) is 19.8 Å². The van der Waals surface area contributed by atoms with Crippen LogP contribution >= 0.6 is 0 Å². The van der Waals surface area contributed by atoms with E-state index in [1.54, 1.807) is 7.05 Å². The Labute approximate surface area is 81.3 Å². The fourth-order valence-corrected chi connectivity index (χ4v) is 1.31. The van der Waals surface area contributed by atoms with Crippen molar-refractivity contribution in [1.82, 2.24) is 10.6 Å². The molecule has 0 bridgehead atoms. The van der Waals surface area contributed by atoms with Crippen molar-refractivity contribution < 1.29 is 4.79 Å². The van der Waals surface area contributed by atoms with Crippen LogP contribution in [-0.4, -0.2) is 25.0 Å². The van der Waals surface area contributed by atoms with Gasteiger partial charge in [-0.05, 0) is 20.3 Å². The standard InChI is InChI=1S/C10H22N2O/c1-5-6-7-8(2)12-9(3)10(13)11-4/h8-9,12H,5-7H2,1-4H3,(H,11,13)/t8?,9-/m1/s1. The van der Waals surface area contributed by atoms with E-state index >= 15 is 0 Å². The average molecular weight is 186 g/mol. The largest absolute Gasteiger partial charge is 0.358 e. The Morgan fingerprint density at radius 1 is 1.38 bits per heavy atom.